The largest absolute Gasteiger partial charge is 0.493 e. The molecular formula is C14H17BrO2. The number of Topliss-reactive ketones (excluding diaryl/α,β-unsaturated/α-hetero) is 1. The van der Waals surface area contributed by atoms with Gasteiger partial charge in [-0.1, -0.05) is 35.2 Å². The van der Waals surface area contributed by atoms with Gasteiger partial charge in [-0.2, -0.15) is 0 Å². The van der Waals surface area contributed by atoms with Gasteiger partial charge in [-0.15, -0.1) is 0 Å². The van der Waals surface area contributed by atoms with Gasteiger partial charge >= 0.3 is 0 Å². The molecule has 0 radical (unpaired) electrons. The zero-order valence-corrected chi connectivity index (χ0v) is 11.6. The lowest BCUT2D eigenvalue weighted by molar-refractivity contribution is 0.0932. The predicted molar refractivity (Wildman–Crippen MR) is 71.6 cm³/mol. The van der Waals surface area contributed by atoms with Gasteiger partial charge in [0.15, 0.2) is 5.78 Å². The minimum absolute atomic E-state index is 0.208. The molecule has 0 aromatic heterocycles. The van der Waals surface area contributed by atoms with Crippen LogP contribution in [0.3, 0.4) is 0 Å². The number of rotatable bonds is 5. The molecule has 3 heteroatoms. The Bertz CT molecular complexity index is 411. The third kappa shape index (κ3) is 3.09. The lowest BCUT2D eigenvalue weighted by atomic mass is 9.81. The molecule has 1 aliphatic carbocycles. The molecule has 17 heavy (non-hydrogen) atoms. The van der Waals surface area contributed by atoms with Crippen molar-refractivity contribution >= 4 is 21.7 Å². The van der Waals surface area contributed by atoms with Gasteiger partial charge in [-0.3, -0.25) is 4.79 Å². The Hall–Kier alpha value is -0.830. The minimum atomic E-state index is 0.208. The second-order valence-electron chi connectivity index (χ2n) is 4.50. The monoisotopic (exact) mass is 296 g/mol. The Morgan fingerprint density at radius 2 is 2.24 bits per heavy atom. The number of ether oxygens (including phenoxy) is 1. The summed E-state index contributed by atoms with van der Waals surface area (Å²) in [6.07, 6.45) is 4.33. The molecule has 0 spiro atoms. The van der Waals surface area contributed by atoms with Gasteiger partial charge in [0, 0.05) is 10.9 Å². The molecule has 0 unspecified atom stereocenters. The molecule has 0 amide bonds. The second kappa shape index (κ2) is 5.67. The molecular weight excluding hydrogens is 280 g/mol. The molecule has 1 saturated carbocycles. The van der Waals surface area contributed by atoms with Crippen LogP contribution in [0.5, 0.6) is 5.75 Å². The fraction of sp³-hybridized carbons (Fsp3) is 0.500. The molecule has 0 aliphatic heterocycles. The zero-order valence-electron chi connectivity index (χ0n) is 10.0. The van der Waals surface area contributed by atoms with Crippen LogP contribution in [-0.2, 0) is 0 Å². The van der Waals surface area contributed by atoms with E-state index in [9.17, 15) is 4.79 Å². The van der Waals surface area contributed by atoms with Crippen LogP contribution >= 0.6 is 15.9 Å². The summed E-state index contributed by atoms with van der Waals surface area (Å²) >= 11 is 3.41. The summed E-state index contributed by atoms with van der Waals surface area (Å²) in [4.78, 5) is 12.2. The fourth-order valence-electron chi connectivity index (χ4n) is 2.07. The van der Waals surface area contributed by atoms with Gasteiger partial charge in [-0.25, -0.2) is 0 Å². The average Bonchev–Trinajstić information content (AvgIpc) is 2.26. The number of carbonyl (C=O) groups is 1. The quantitative estimate of drug-likeness (QED) is 0.761. The maximum Gasteiger partial charge on any atom is 0.166 e. The van der Waals surface area contributed by atoms with Crippen LogP contribution in [0.15, 0.2) is 22.7 Å². The fourth-order valence-corrected chi connectivity index (χ4v) is 2.43. The summed E-state index contributed by atoms with van der Waals surface area (Å²) in [7, 11) is 0. The Morgan fingerprint density at radius 1 is 1.47 bits per heavy atom. The Morgan fingerprint density at radius 3 is 2.82 bits per heavy atom. The van der Waals surface area contributed by atoms with Crippen molar-refractivity contribution < 1.29 is 9.53 Å². The third-order valence-corrected chi connectivity index (χ3v) is 3.73. The van der Waals surface area contributed by atoms with E-state index < -0.39 is 0 Å². The van der Waals surface area contributed by atoms with Gasteiger partial charge in [0.25, 0.3) is 0 Å². The zero-order chi connectivity index (χ0) is 12.3. The lowest BCUT2D eigenvalue weighted by Gasteiger charge is -2.24. The minimum Gasteiger partial charge on any atom is -0.493 e. The normalized spacial score (nSPS) is 15.4. The first-order valence-corrected chi connectivity index (χ1v) is 6.95. The van der Waals surface area contributed by atoms with E-state index >= 15 is 0 Å². The Labute approximate surface area is 110 Å². The smallest absolute Gasteiger partial charge is 0.166 e. The molecule has 0 heterocycles. The first-order valence-electron chi connectivity index (χ1n) is 6.16. The average molecular weight is 297 g/mol. The highest BCUT2D eigenvalue weighted by Crippen LogP contribution is 2.32. The number of carbonyl (C=O) groups excluding carboxylic acids is 1. The van der Waals surface area contributed by atoms with Gasteiger partial charge < -0.3 is 4.74 Å². The Kier molecular flexibility index (Phi) is 4.21. The van der Waals surface area contributed by atoms with Crippen LogP contribution in [0.25, 0.3) is 0 Å². The van der Waals surface area contributed by atoms with Crippen molar-refractivity contribution in [2.45, 2.75) is 32.6 Å². The van der Waals surface area contributed by atoms with Crippen molar-refractivity contribution in [3.63, 3.8) is 0 Å². The number of benzene rings is 1. The van der Waals surface area contributed by atoms with Crippen LogP contribution in [0, 0.1) is 5.92 Å². The summed E-state index contributed by atoms with van der Waals surface area (Å²) in [6, 6.07) is 5.64. The molecule has 92 valence electrons. The summed E-state index contributed by atoms with van der Waals surface area (Å²) in [5.74, 6) is 1.51. The van der Waals surface area contributed by atoms with E-state index in [0.717, 1.165) is 4.47 Å². The number of ketones is 1. The SMILES string of the molecule is CCOc1ccc(Br)cc1C(=O)CC1CCC1. The van der Waals surface area contributed by atoms with Crippen LogP contribution in [0.2, 0.25) is 0 Å². The maximum atomic E-state index is 12.2. The van der Waals surface area contributed by atoms with E-state index in [-0.39, 0.29) is 5.78 Å². The van der Waals surface area contributed by atoms with E-state index in [2.05, 4.69) is 15.9 Å². The number of halogens is 1. The van der Waals surface area contributed by atoms with Gasteiger partial charge in [0.1, 0.15) is 5.75 Å². The van der Waals surface area contributed by atoms with Crippen molar-refractivity contribution in [2.75, 3.05) is 6.61 Å². The van der Waals surface area contributed by atoms with Crippen molar-refractivity contribution in [3.8, 4) is 5.75 Å². The van der Waals surface area contributed by atoms with Crippen LogP contribution in [0.1, 0.15) is 43.0 Å². The van der Waals surface area contributed by atoms with E-state index in [1.807, 2.05) is 25.1 Å². The second-order valence-corrected chi connectivity index (χ2v) is 5.41. The van der Waals surface area contributed by atoms with E-state index in [0.29, 0.717) is 30.3 Å². The molecule has 1 aliphatic rings. The van der Waals surface area contributed by atoms with E-state index in [1.54, 1.807) is 0 Å². The number of hydrogen-bond donors (Lipinski definition) is 0. The van der Waals surface area contributed by atoms with Crippen LogP contribution in [-0.4, -0.2) is 12.4 Å². The molecule has 1 aromatic carbocycles. The lowest BCUT2D eigenvalue weighted by Crippen LogP contribution is -2.16. The van der Waals surface area contributed by atoms with Crippen LogP contribution < -0.4 is 4.74 Å². The maximum absolute atomic E-state index is 12.2. The van der Waals surface area contributed by atoms with Gasteiger partial charge in [0.2, 0.25) is 0 Å². The molecule has 1 fully saturated rings. The Balaban J connectivity index is 2.15. The summed E-state index contributed by atoms with van der Waals surface area (Å²) < 4.78 is 6.43. The van der Waals surface area contributed by atoms with E-state index in [1.165, 1.54) is 19.3 Å². The number of hydrogen-bond acceptors (Lipinski definition) is 2. The molecule has 2 rings (SSSR count). The van der Waals surface area contributed by atoms with Gasteiger partial charge in [-0.05, 0) is 31.0 Å². The molecule has 0 N–H and O–H groups in total. The first kappa shape index (κ1) is 12.6. The van der Waals surface area contributed by atoms with Crippen molar-refractivity contribution in [3.05, 3.63) is 28.2 Å². The molecule has 1 aromatic rings. The van der Waals surface area contributed by atoms with Crippen molar-refractivity contribution in [1.29, 1.82) is 0 Å². The summed E-state index contributed by atoms with van der Waals surface area (Å²) in [5.41, 5.74) is 0.716. The van der Waals surface area contributed by atoms with Crippen LogP contribution in [0.4, 0.5) is 0 Å². The molecule has 0 atom stereocenters. The highest BCUT2D eigenvalue weighted by Gasteiger charge is 2.23. The standard InChI is InChI=1S/C14H17BrO2/c1-2-17-14-7-6-11(15)9-12(14)13(16)8-10-4-3-5-10/h6-7,9-10H,2-5,8H2,1H3. The predicted octanol–water partition coefficient (Wildman–Crippen LogP) is 4.22. The molecule has 0 bridgehead atoms. The third-order valence-electron chi connectivity index (χ3n) is 3.24. The van der Waals surface area contributed by atoms with Crippen molar-refractivity contribution in [2.24, 2.45) is 5.92 Å². The highest BCUT2D eigenvalue weighted by atomic mass is 79.9. The van der Waals surface area contributed by atoms with Crippen molar-refractivity contribution in [1.82, 2.24) is 0 Å². The highest BCUT2D eigenvalue weighted by molar-refractivity contribution is 9.10. The van der Waals surface area contributed by atoms with E-state index in [4.69, 9.17) is 4.74 Å². The first-order chi connectivity index (χ1) is 8.20. The molecule has 2 nitrogen and oxygen atoms in total. The summed E-state index contributed by atoms with van der Waals surface area (Å²) in [6.45, 7) is 2.52. The summed E-state index contributed by atoms with van der Waals surface area (Å²) in [5, 5.41) is 0. The molecule has 0 saturated heterocycles. The topological polar surface area (TPSA) is 26.3 Å². The van der Waals surface area contributed by atoms with Gasteiger partial charge in [0.05, 0.1) is 12.2 Å².